The third kappa shape index (κ3) is 4.31. The van der Waals surface area contributed by atoms with Gasteiger partial charge in [-0.15, -0.1) is 0 Å². The van der Waals surface area contributed by atoms with Crippen LogP contribution in [0.25, 0.3) is 0 Å². The maximum absolute atomic E-state index is 8.39. The molecule has 0 aliphatic rings. The Bertz CT molecular complexity index is 78.5. The first-order valence-electron chi connectivity index (χ1n) is 1.27. The summed E-state index contributed by atoms with van der Waals surface area (Å²) in [7, 11) is 3.90. The Morgan fingerprint density at radius 1 is 1.67 bits per heavy atom. The number of hydrogen-bond donors (Lipinski definition) is 1. The fraction of sp³-hybridized carbons (Fsp3) is 0.500. The Labute approximate surface area is 41.0 Å². The molecule has 0 aromatic rings. The zero-order chi connectivity index (χ0) is 5.21. The van der Waals surface area contributed by atoms with Gasteiger partial charge < -0.3 is 5.11 Å². The second kappa shape index (κ2) is 1.85. The van der Waals surface area contributed by atoms with E-state index < -0.39 is 5.08 Å². The zero-order valence-electron chi connectivity index (χ0n) is 3.05. The van der Waals surface area contributed by atoms with Crippen molar-refractivity contribution in [3.05, 3.63) is 0 Å². The molecule has 6 heavy (non-hydrogen) atoms. The van der Waals surface area contributed by atoms with Crippen molar-refractivity contribution in [3.63, 3.8) is 0 Å². The molecule has 2 unspecified atom stereocenters. The van der Waals surface area contributed by atoms with Crippen LogP contribution in [0, 0.1) is 11.3 Å². The van der Waals surface area contributed by atoms with E-state index >= 15 is 0 Å². The minimum absolute atomic E-state index is 1.32. The van der Waals surface area contributed by atoms with Crippen molar-refractivity contribution < 1.29 is 5.11 Å². The summed E-state index contributed by atoms with van der Waals surface area (Å²) in [6.45, 7) is 0. The molecule has 0 radical (unpaired) electrons. The highest BCUT2D eigenvalue weighted by atomic mass is 31.1. The molecule has 0 aromatic carbocycles. The topological polar surface area (TPSA) is 44.0 Å². The van der Waals surface area contributed by atoms with Gasteiger partial charge in [0.25, 0.3) is 0 Å². The van der Waals surface area contributed by atoms with Gasteiger partial charge in [-0.25, -0.2) is 0 Å². The summed E-state index contributed by atoms with van der Waals surface area (Å²) in [6, 6.07) is 1.59. The molecule has 0 rings (SSSR count). The van der Waals surface area contributed by atoms with E-state index in [4.69, 9.17) is 10.4 Å². The van der Waals surface area contributed by atoms with E-state index in [1.54, 1.807) is 6.07 Å². The van der Waals surface area contributed by atoms with Gasteiger partial charge in [0, 0.05) is 0 Å². The van der Waals surface area contributed by atoms with Crippen LogP contribution in [0.5, 0.6) is 0 Å². The van der Waals surface area contributed by atoms with Gasteiger partial charge in [-0.2, -0.15) is 5.26 Å². The third-order valence-electron chi connectivity index (χ3n) is 0.179. The highest BCUT2D eigenvalue weighted by Crippen LogP contribution is 2.19. The van der Waals surface area contributed by atoms with Crippen molar-refractivity contribution in [2.45, 2.75) is 5.08 Å². The first kappa shape index (κ1) is 6.31. The summed E-state index contributed by atoms with van der Waals surface area (Å²) in [5, 5.41) is 14.9. The van der Waals surface area contributed by atoms with Crippen LogP contribution < -0.4 is 0 Å². The molecule has 1 N–H and O–H groups in total. The van der Waals surface area contributed by atoms with Crippen LogP contribution in [0.2, 0.25) is 0 Å². The van der Waals surface area contributed by atoms with E-state index in [2.05, 4.69) is 0 Å². The number of hydrogen-bond acceptors (Lipinski definition) is 2. The summed E-state index contributed by atoms with van der Waals surface area (Å²) < 4.78 is 0. The zero-order valence-corrected chi connectivity index (χ0v) is 5.36. The van der Waals surface area contributed by atoms with E-state index in [1.165, 1.54) is 0 Å². The highest BCUT2D eigenvalue weighted by molar-refractivity contribution is 7.40. The molecular weight excluding hydrogens is 116 g/mol. The van der Waals surface area contributed by atoms with E-state index in [0.717, 1.165) is 0 Å². The van der Waals surface area contributed by atoms with E-state index in [-0.39, 0.29) is 0 Å². The van der Waals surface area contributed by atoms with Crippen molar-refractivity contribution in [3.8, 4) is 6.07 Å². The Morgan fingerprint density at radius 2 is 1.83 bits per heavy atom. The van der Waals surface area contributed by atoms with Crippen LogP contribution in [0.4, 0.5) is 0 Å². The monoisotopic (exact) mass is 121 g/mol. The van der Waals surface area contributed by atoms with Crippen molar-refractivity contribution in [1.82, 2.24) is 0 Å². The normalized spacial score (nSPS) is 10.3. The minimum Gasteiger partial charge on any atom is -0.369 e. The van der Waals surface area contributed by atoms with Gasteiger partial charge in [0.1, 0.15) is 6.07 Å². The van der Waals surface area contributed by atoms with Gasteiger partial charge in [0.15, 0.2) is 5.08 Å². The summed E-state index contributed by atoms with van der Waals surface area (Å²) in [6.07, 6.45) is 0. The van der Waals surface area contributed by atoms with Gasteiger partial charge >= 0.3 is 0 Å². The van der Waals surface area contributed by atoms with Crippen LogP contribution in [-0.2, 0) is 0 Å². The first-order chi connectivity index (χ1) is 2.56. The lowest BCUT2D eigenvalue weighted by Crippen LogP contribution is -2.02. The molecule has 2 nitrogen and oxygen atoms in total. The molecule has 0 spiro atoms. The average molecular weight is 121 g/mol. The molecule has 0 bridgehead atoms. The fourth-order valence-electron chi connectivity index (χ4n) is 0. The molecule has 2 atom stereocenters. The predicted molar refractivity (Wildman–Crippen MR) is 30.0 cm³/mol. The Kier molecular flexibility index (Phi) is 1.94. The van der Waals surface area contributed by atoms with Gasteiger partial charge in [-0.1, -0.05) is 18.5 Å². The van der Waals surface area contributed by atoms with E-state index in [1.807, 2.05) is 18.5 Å². The Hall–Kier alpha value is 0.310. The summed E-state index contributed by atoms with van der Waals surface area (Å²) in [5.41, 5.74) is 0. The first-order valence-corrected chi connectivity index (χ1v) is 2.43. The molecular formula is C2H5NOP2. The molecule has 0 aliphatic carbocycles. The van der Waals surface area contributed by atoms with Gasteiger partial charge in [-0.3, -0.25) is 0 Å². The second-order valence-electron chi connectivity index (χ2n) is 0.937. The van der Waals surface area contributed by atoms with Gasteiger partial charge in [0.05, 0.1) is 0 Å². The molecule has 0 aliphatic heterocycles. The highest BCUT2D eigenvalue weighted by Gasteiger charge is 2.07. The SMILES string of the molecule is N#CC(O)(P)P. The number of nitriles is 1. The van der Waals surface area contributed by atoms with Crippen molar-refractivity contribution >= 4 is 18.5 Å². The largest absolute Gasteiger partial charge is 0.369 e. The standard InChI is InChI=1S/C2H5NOP2/c3-1-2(4,5)6/h4H,5-6H2. The van der Waals surface area contributed by atoms with Crippen molar-refractivity contribution in [1.29, 1.82) is 5.26 Å². The molecule has 0 saturated carbocycles. The van der Waals surface area contributed by atoms with Gasteiger partial charge in [0.2, 0.25) is 0 Å². The summed E-state index contributed by atoms with van der Waals surface area (Å²) in [4.78, 5) is 0. The average Bonchev–Trinajstić information content (AvgIpc) is 1.35. The van der Waals surface area contributed by atoms with E-state index in [0.29, 0.717) is 0 Å². The molecule has 0 aromatic heterocycles. The second-order valence-corrected chi connectivity index (χ2v) is 3.36. The number of rotatable bonds is 0. The maximum Gasteiger partial charge on any atom is 0.176 e. The lowest BCUT2D eigenvalue weighted by Gasteiger charge is -2.00. The smallest absolute Gasteiger partial charge is 0.176 e. The van der Waals surface area contributed by atoms with Crippen LogP contribution in [0.3, 0.4) is 0 Å². The number of aliphatic hydroxyl groups is 1. The molecule has 4 heteroatoms. The fourth-order valence-corrected chi connectivity index (χ4v) is 0. The van der Waals surface area contributed by atoms with Crippen LogP contribution >= 0.6 is 18.5 Å². The lowest BCUT2D eigenvalue weighted by atomic mass is 10.8. The van der Waals surface area contributed by atoms with Crippen LogP contribution in [-0.4, -0.2) is 10.2 Å². The molecule has 0 fully saturated rings. The molecule has 34 valence electrons. The Morgan fingerprint density at radius 3 is 1.83 bits per heavy atom. The molecule has 0 saturated heterocycles. The number of nitrogens with zero attached hydrogens (tertiary/aromatic N) is 1. The van der Waals surface area contributed by atoms with E-state index in [9.17, 15) is 0 Å². The lowest BCUT2D eigenvalue weighted by molar-refractivity contribution is 0.284. The molecule has 0 amide bonds. The van der Waals surface area contributed by atoms with Gasteiger partial charge in [-0.05, 0) is 0 Å². The Balaban J connectivity index is 3.55. The van der Waals surface area contributed by atoms with Crippen LogP contribution in [0.1, 0.15) is 0 Å². The minimum atomic E-state index is -1.32. The summed E-state index contributed by atoms with van der Waals surface area (Å²) >= 11 is 0. The maximum atomic E-state index is 8.39. The van der Waals surface area contributed by atoms with Crippen molar-refractivity contribution in [2.24, 2.45) is 0 Å². The molecule has 0 heterocycles. The third-order valence-corrected chi connectivity index (χ3v) is 0.437. The van der Waals surface area contributed by atoms with Crippen LogP contribution in [0.15, 0.2) is 0 Å². The predicted octanol–water partition coefficient (Wildman–Crippen LogP) is -0.0937. The quantitative estimate of drug-likeness (QED) is 0.359. The summed E-state index contributed by atoms with van der Waals surface area (Å²) in [5.74, 6) is 0. The van der Waals surface area contributed by atoms with Crippen molar-refractivity contribution in [2.75, 3.05) is 0 Å².